The lowest BCUT2D eigenvalue weighted by Crippen LogP contribution is -2.45. The summed E-state index contributed by atoms with van der Waals surface area (Å²) in [6.07, 6.45) is 3.20. The molecule has 0 N–H and O–H groups in total. The summed E-state index contributed by atoms with van der Waals surface area (Å²) >= 11 is 6.01. The minimum atomic E-state index is -0.358. The number of hydrogen-bond acceptors (Lipinski definition) is 5. The molecule has 1 unspecified atom stereocenters. The number of aromatic nitrogens is 2. The van der Waals surface area contributed by atoms with Crippen LogP contribution in [0.5, 0.6) is 0 Å². The number of halogens is 1. The van der Waals surface area contributed by atoms with Gasteiger partial charge in [0.05, 0.1) is 17.9 Å². The Hall–Kier alpha value is -3.28. The van der Waals surface area contributed by atoms with Crippen molar-refractivity contribution in [2.75, 3.05) is 13.1 Å². The molecule has 0 bridgehead atoms. The molecule has 3 aromatic carbocycles. The monoisotopic (exact) mass is 471 g/mol. The van der Waals surface area contributed by atoms with E-state index in [1.54, 1.807) is 0 Å². The molecule has 1 atom stereocenters. The maximum absolute atomic E-state index is 12.0. The normalized spacial score (nSPS) is 16.7. The zero-order chi connectivity index (χ0) is 23.4. The Bertz CT molecular complexity index is 1220. The first-order valence-corrected chi connectivity index (χ1v) is 11.9. The maximum Gasteiger partial charge on any atom is 0.231 e. The second-order valence-electron chi connectivity index (χ2n) is 8.79. The van der Waals surface area contributed by atoms with Crippen LogP contribution in [0.25, 0.3) is 0 Å². The van der Waals surface area contributed by atoms with Crippen molar-refractivity contribution in [3.63, 3.8) is 0 Å². The lowest BCUT2D eigenvalue weighted by molar-refractivity contribution is -0.113. The molecule has 172 valence electrons. The highest BCUT2D eigenvalue weighted by Crippen LogP contribution is 2.42. The van der Waals surface area contributed by atoms with Gasteiger partial charge in [-0.2, -0.15) is 4.98 Å². The number of likely N-dealkylation sites (tertiary alicyclic amines) is 1. The van der Waals surface area contributed by atoms with Crippen LogP contribution in [0.2, 0.25) is 5.02 Å². The number of nitrogens with zero attached hydrogens (tertiary/aromatic N) is 3. The third-order valence-electron chi connectivity index (χ3n) is 6.81. The number of aldehydes is 1. The Morgan fingerprint density at radius 2 is 1.59 bits per heavy atom. The molecule has 1 fully saturated rings. The van der Waals surface area contributed by atoms with Crippen LogP contribution in [0.4, 0.5) is 0 Å². The van der Waals surface area contributed by atoms with Crippen LogP contribution in [0.15, 0.2) is 89.5 Å². The molecule has 0 spiro atoms. The van der Waals surface area contributed by atoms with Crippen molar-refractivity contribution >= 4 is 17.9 Å². The minimum Gasteiger partial charge on any atom is -0.339 e. The molecule has 1 aromatic heterocycles. The van der Waals surface area contributed by atoms with Crippen molar-refractivity contribution < 1.29 is 9.32 Å². The van der Waals surface area contributed by atoms with Crippen LogP contribution in [-0.4, -0.2) is 34.4 Å². The summed E-state index contributed by atoms with van der Waals surface area (Å²) in [5, 5.41) is 5.15. The van der Waals surface area contributed by atoms with Gasteiger partial charge in [0.15, 0.2) is 5.82 Å². The van der Waals surface area contributed by atoms with Crippen LogP contribution < -0.4 is 0 Å². The number of rotatable bonds is 7. The van der Waals surface area contributed by atoms with Gasteiger partial charge in [0, 0.05) is 18.1 Å². The van der Waals surface area contributed by atoms with Gasteiger partial charge in [0.25, 0.3) is 0 Å². The second kappa shape index (κ2) is 9.92. The summed E-state index contributed by atoms with van der Waals surface area (Å²) in [4.78, 5) is 19.1. The van der Waals surface area contributed by atoms with Gasteiger partial charge in [0.2, 0.25) is 5.89 Å². The molecular formula is C28H26ClN3O2. The van der Waals surface area contributed by atoms with E-state index in [2.05, 4.69) is 34.3 Å². The quantitative estimate of drug-likeness (QED) is 0.327. The summed E-state index contributed by atoms with van der Waals surface area (Å²) in [6, 6.07) is 27.8. The average molecular weight is 472 g/mol. The van der Waals surface area contributed by atoms with E-state index in [4.69, 9.17) is 21.1 Å². The second-order valence-corrected chi connectivity index (χ2v) is 9.23. The molecule has 0 radical (unpaired) electrons. The number of hydrogen-bond donors (Lipinski definition) is 0. The van der Waals surface area contributed by atoms with E-state index in [-0.39, 0.29) is 11.5 Å². The topological polar surface area (TPSA) is 59.2 Å². The van der Waals surface area contributed by atoms with E-state index < -0.39 is 0 Å². The van der Waals surface area contributed by atoms with Gasteiger partial charge in [-0.25, -0.2) is 0 Å². The molecule has 5 rings (SSSR count). The van der Waals surface area contributed by atoms with Crippen molar-refractivity contribution in [1.29, 1.82) is 0 Å². The Balaban J connectivity index is 1.41. The average Bonchev–Trinajstić information content (AvgIpc) is 3.37. The molecule has 1 aliphatic rings. The third-order valence-corrected chi connectivity index (χ3v) is 7.06. The third kappa shape index (κ3) is 4.54. The SMILES string of the molecule is O=CC(c1ccccc1)N1CCC(c2ccccc2)(c2noc(Cc3ccc(Cl)cc3)n2)CC1. The van der Waals surface area contributed by atoms with Gasteiger partial charge < -0.3 is 9.32 Å². The number of carbonyl (C=O) groups excluding carboxylic acids is 1. The first-order chi connectivity index (χ1) is 16.7. The van der Waals surface area contributed by atoms with Crippen molar-refractivity contribution in [3.05, 3.63) is 118 Å². The van der Waals surface area contributed by atoms with Crippen LogP contribution in [-0.2, 0) is 16.6 Å². The van der Waals surface area contributed by atoms with E-state index in [0.717, 1.165) is 43.3 Å². The molecule has 0 amide bonds. The summed E-state index contributed by atoms with van der Waals surface area (Å²) in [5.74, 6) is 1.30. The van der Waals surface area contributed by atoms with E-state index in [1.165, 1.54) is 5.56 Å². The summed E-state index contributed by atoms with van der Waals surface area (Å²) in [7, 11) is 0. The highest BCUT2D eigenvalue weighted by Gasteiger charge is 2.43. The van der Waals surface area contributed by atoms with Gasteiger partial charge in [-0.3, -0.25) is 4.90 Å². The van der Waals surface area contributed by atoms with E-state index in [9.17, 15) is 4.79 Å². The number of carbonyl (C=O) groups is 1. The standard InChI is InChI=1S/C28H26ClN3O2/c29-24-13-11-21(12-14-24)19-26-30-27(31-34-26)28(23-9-5-2-6-10-23)15-17-32(18-16-28)25(20-33)22-7-3-1-4-8-22/h1-14,20,25H,15-19H2. The molecule has 6 heteroatoms. The van der Waals surface area contributed by atoms with Crippen molar-refractivity contribution in [1.82, 2.24) is 15.0 Å². The van der Waals surface area contributed by atoms with Crippen molar-refractivity contribution in [2.24, 2.45) is 0 Å². The summed E-state index contributed by atoms with van der Waals surface area (Å²) in [5.41, 5.74) is 2.91. The zero-order valence-electron chi connectivity index (χ0n) is 18.8. The largest absolute Gasteiger partial charge is 0.339 e. The number of piperidine rings is 1. The predicted octanol–water partition coefficient (Wildman–Crippen LogP) is 5.64. The van der Waals surface area contributed by atoms with Crippen LogP contribution in [0.3, 0.4) is 0 Å². The van der Waals surface area contributed by atoms with Gasteiger partial charge in [-0.05, 0) is 41.7 Å². The first kappa shape index (κ1) is 22.5. The Labute approximate surface area is 204 Å². The van der Waals surface area contributed by atoms with E-state index in [0.29, 0.717) is 23.2 Å². The molecule has 0 aliphatic carbocycles. The minimum absolute atomic E-state index is 0.249. The molecular weight excluding hydrogens is 446 g/mol. The Morgan fingerprint density at radius 1 is 0.941 bits per heavy atom. The summed E-state index contributed by atoms with van der Waals surface area (Å²) in [6.45, 7) is 1.52. The molecule has 2 heterocycles. The smallest absolute Gasteiger partial charge is 0.231 e. The fourth-order valence-corrected chi connectivity index (χ4v) is 5.03. The maximum atomic E-state index is 12.0. The van der Waals surface area contributed by atoms with Crippen LogP contribution in [0.1, 0.15) is 47.3 Å². The van der Waals surface area contributed by atoms with Gasteiger partial charge >= 0.3 is 0 Å². The fourth-order valence-electron chi connectivity index (χ4n) is 4.91. The zero-order valence-corrected chi connectivity index (χ0v) is 19.6. The van der Waals surface area contributed by atoms with E-state index >= 15 is 0 Å². The summed E-state index contributed by atoms with van der Waals surface area (Å²) < 4.78 is 5.70. The molecule has 1 aliphatic heterocycles. The highest BCUT2D eigenvalue weighted by molar-refractivity contribution is 6.30. The predicted molar refractivity (Wildman–Crippen MR) is 132 cm³/mol. The number of benzene rings is 3. The van der Waals surface area contributed by atoms with Crippen molar-refractivity contribution in [2.45, 2.75) is 30.7 Å². The lowest BCUT2D eigenvalue weighted by atomic mass is 9.71. The molecule has 34 heavy (non-hydrogen) atoms. The molecule has 0 saturated carbocycles. The Kier molecular flexibility index (Phi) is 6.57. The van der Waals surface area contributed by atoms with E-state index in [1.807, 2.05) is 60.7 Å². The Morgan fingerprint density at radius 3 is 2.24 bits per heavy atom. The molecule has 5 nitrogen and oxygen atoms in total. The highest BCUT2D eigenvalue weighted by atomic mass is 35.5. The van der Waals surface area contributed by atoms with Gasteiger partial charge in [-0.15, -0.1) is 0 Å². The first-order valence-electron chi connectivity index (χ1n) is 11.6. The van der Waals surface area contributed by atoms with Crippen LogP contribution in [0, 0.1) is 0 Å². The van der Waals surface area contributed by atoms with Gasteiger partial charge in [-0.1, -0.05) is 89.6 Å². The fraction of sp³-hybridized carbons (Fsp3) is 0.250. The lowest BCUT2D eigenvalue weighted by Gasteiger charge is -2.42. The molecule has 4 aromatic rings. The van der Waals surface area contributed by atoms with Gasteiger partial charge in [0.1, 0.15) is 6.29 Å². The molecule has 1 saturated heterocycles. The van der Waals surface area contributed by atoms with Crippen LogP contribution >= 0.6 is 11.6 Å². The van der Waals surface area contributed by atoms with Crippen molar-refractivity contribution in [3.8, 4) is 0 Å².